The SMILES string of the molecule is C=C(NCCCC)C(CC)CCCC. The quantitative estimate of drug-likeness (QED) is 0.549. The number of rotatable bonds is 9. The Kier molecular flexibility index (Phi) is 8.81. The summed E-state index contributed by atoms with van der Waals surface area (Å²) in [5.41, 5.74) is 1.26. The predicted molar refractivity (Wildman–Crippen MR) is 65.4 cm³/mol. The van der Waals surface area contributed by atoms with Crippen LogP contribution in [0.1, 0.15) is 59.3 Å². The summed E-state index contributed by atoms with van der Waals surface area (Å²) >= 11 is 0. The fraction of sp³-hybridized carbons (Fsp3) is 0.846. The average molecular weight is 197 g/mol. The van der Waals surface area contributed by atoms with E-state index in [0.717, 1.165) is 6.54 Å². The van der Waals surface area contributed by atoms with Gasteiger partial charge in [-0.3, -0.25) is 0 Å². The smallest absolute Gasteiger partial charge is 0.0143 e. The second-order valence-corrected chi connectivity index (χ2v) is 4.05. The van der Waals surface area contributed by atoms with Gasteiger partial charge in [0.25, 0.3) is 0 Å². The summed E-state index contributed by atoms with van der Waals surface area (Å²) in [4.78, 5) is 0. The molecule has 1 nitrogen and oxygen atoms in total. The first kappa shape index (κ1) is 13.5. The number of hydrogen-bond donors (Lipinski definition) is 1. The van der Waals surface area contributed by atoms with Crippen LogP contribution in [0.2, 0.25) is 0 Å². The predicted octanol–water partition coefficient (Wildman–Crippen LogP) is 4.11. The Labute approximate surface area is 90.0 Å². The van der Waals surface area contributed by atoms with E-state index in [1.54, 1.807) is 0 Å². The van der Waals surface area contributed by atoms with Crippen molar-refractivity contribution in [1.82, 2.24) is 5.32 Å². The highest BCUT2D eigenvalue weighted by atomic mass is 14.9. The molecule has 1 unspecified atom stereocenters. The van der Waals surface area contributed by atoms with Gasteiger partial charge in [-0.05, 0) is 25.2 Å². The zero-order valence-corrected chi connectivity index (χ0v) is 10.2. The average Bonchev–Trinajstić information content (AvgIpc) is 2.19. The molecule has 0 aromatic heterocycles. The molecule has 1 N–H and O–H groups in total. The molecule has 0 radical (unpaired) electrons. The van der Waals surface area contributed by atoms with Gasteiger partial charge in [0.15, 0.2) is 0 Å². The van der Waals surface area contributed by atoms with E-state index in [9.17, 15) is 0 Å². The number of nitrogens with one attached hydrogen (secondary N) is 1. The molecule has 0 spiro atoms. The summed E-state index contributed by atoms with van der Waals surface area (Å²) in [6.45, 7) is 12.0. The van der Waals surface area contributed by atoms with E-state index in [1.165, 1.54) is 44.2 Å². The van der Waals surface area contributed by atoms with Gasteiger partial charge >= 0.3 is 0 Å². The summed E-state index contributed by atoms with van der Waals surface area (Å²) in [7, 11) is 0. The highest BCUT2D eigenvalue weighted by Gasteiger charge is 2.08. The molecular weight excluding hydrogens is 170 g/mol. The molecule has 0 amide bonds. The van der Waals surface area contributed by atoms with Gasteiger partial charge in [0.2, 0.25) is 0 Å². The molecule has 14 heavy (non-hydrogen) atoms. The van der Waals surface area contributed by atoms with E-state index in [-0.39, 0.29) is 0 Å². The van der Waals surface area contributed by atoms with Crippen molar-refractivity contribution in [2.75, 3.05) is 6.54 Å². The lowest BCUT2D eigenvalue weighted by atomic mass is 9.96. The first-order valence-electron chi connectivity index (χ1n) is 6.18. The van der Waals surface area contributed by atoms with Gasteiger partial charge in [-0.2, -0.15) is 0 Å². The van der Waals surface area contributed by atoms with Crippen molar-refractivity contribution in [3.63, 3.8) is 0 Å². The standard InChI is InChI=1S/C13H27N/c1-5-8-10-13(7-3)12(4)14-11-9-6-2/h13-14H,4-11H2,1-3H3. The highest BCUT2D eigenvalue weighted by Crippen LogP contribution is 2.18. The van der Waals surface area contributed by atoms with Crippen LogP contribution in [0.4, 0.5) is 0 Å². The topological polar surface area (TPSA) is 12.0 Å². The Morgan fingerprint density at radius 3 is 2.29 bits per heavy atom. The normalized spacial score (nSPS) is 12.5. The fourth-order valence-electron chi connectivity index (χ4n) is 1.65. The molecule has 84 valence electrons. The second-order valence-electron chi connectivity index (χ2n) is 4.05. The zero-order valence-electron chi connectivity index (χ0n) is 10.2. The minimum Gasteiger partial charge on any atom is -0.389 e. The number of hydrogen-bond acceptors (Lipinski definition) is 1. The van der Waals surface area contributed by atoms with Crippen molar-refractivity contribution in [2.45, 2.75) is 59.3 Å². The molecule has 0 aliphatic rings. The number of allylic oxidation sites excluding steroid dienone is 1. The number of unbranched alkanes of at least 4 members (excludes halogenated alkanes) is 2. The van der Waals surface area contributed by atoms with Crippen LogP contribution in [0.5, 0.6) is 0 Å². The van der Waals surface area contributed by atoms with Crippen molar-refractivity contribution in [3.05, 3.63) is 12.3 Å². The first-order valence-corrected chi connectivity index (χ1v) is 6.18. The lowest BCUT2D eigenvalue weighted by Gasteiger charge is -2.19. The third-order valence-corrected chi connectivity index (χ3v) is 2.77. The zero-order chi connectivity index (χ0) is 10.8. The Balaban J connectivity index is 3.67. The van der Waals surface area contributed by atoms with Gasteiger partial charge < -0.3 is 5.32 Å². The summed E-state index contributed by atoms with van der Waals surface area (Å²) < 4.78 is 0. The monoisotopic (exact) mass is 197 g/mol. The van der Waals surface area contributed by atoms with Crippen LogP contribution >= 0.6 is 0 Å². The minimum absolute atomic E-state index is 0.687. The molecule has 0 aromatic carbocycles. The molecule has 1 atom stereocenters. The van der Waals surface area contributed by atoms with Gasteiger partial charge in [0.1, 0.15) is 0 Å². The molecule has 0 aliphatic heterocycles. The minimum atomic E-state index is 0.687. The summed E-state index contributed by atoms with van der Waals surface area (Å²) in [5.74, 6) is 0.687. The van der Waals surface area contributed by atoms with Gasteiger partial charge in [-0.15, -0.1) is 0 Å². The van der Waals surface area contributed by atoms with E-state index in [2.05, 4.69) is 32.7 Å². The molecule has 0 saturated heterocycles. The maximum atomic E-state index is 4.14. The molecule has 0 saturated carbocycles. The summed E-state index contributed by atoms with van der Waals surface area (Å²) in [6.07, 6.45) is 7.64. The van der Waals surface area contributed by atoms with Crippen LogP contribution in [0.15, 0.2) is 12.3 Å². The van der Waals surface area contributed by atoms with Crippen molar-refractivity contribution in [2.24, 2.45) is 5.92 Å². The third kappa shape index (κ3) is 6.06. The van der Waals surface area contributed by atoms with E-state index >= 15 is 0 Å². The third-order valence-electron chi connectivity index (χ3n) is 2.77. The maximum absolute atomic E-state index is 4.14. The van der Waals surface area contributed by atoms with Gasteiger partial charge in [0.05, 0.1) is 0 Å². The largest absolute Gasteiger partial charge is 0.389 e. The Hall–Kier alpha value is -0.460. The summed E-state index contributed by atoms with van der Waals surface area (Å²) in [5, 5.41) is 3.45. The van der Waals surface area contributed by atoms with Gasteiger partial charge in [0, 0.05) is 12.2 Å². The lowest BCUT2D eigenvalue weighted by Crippen LogP contribution is -2.20. The Morgan fingerprint density at radius 2 is 1.79 bits per heavy atom. The van der Waals surface area contributed by atoms with Gasteiger partial charge in [-0.25, -0.2) is 0 Å². The molecular formula is C13H27N. The molecule has 0 fully saturated rings. The molecule has 0 rings (SSSR count). The van der Waals surface area contributed by atoms with Crippen molar-refractivity contribution < 1.29 is 0 Å². The van der Waals surface area contributed by atoms with Crippen LogP contribution in [0, 0.1) is 5.92 Å². The summed E-state index contributed by atoms with van der Waals surface area (Å²) in [6, 6.07) is 0. The fourth-order valence-corrected chi connectivity index (χ4v) is 1.65. The van der Waals surface area contributed by atoms with Crippen LogP contribution in [-0.4, -0.2) is 6.54 Å². The van der Waals surface area contributed by atoms with E-state index in [0.29, 0.717) is 5.92 Å². The maximum Gasteiger partial charge on any atom is 0.0143 e. The highest BCUT2D eigenvalue weighted by molar-refractivity contribution is 4.97. The molecule has 0 aliphatic carbocycles. The van der Waals surface area contributed by atoms with E-state index in [1.807, 2.05) is 0 Å². The lowest BCUT2D eigenvalue weighted by molar-refractivity contribution is 0.482. The molecule has 1 heteroatoms. The molecule has 0 heterocycles. The van der Waals surface area contributed by atoms with Crippen LogP contribution in [0.3, 0.4) is 0 Å². The first-order chi connectivity index (χ1) is 6.76. The molecule has 0 aromatic rings. The van der Waals surface area contributed by atoms with Crippen LogP contribution in [0.25, 0.3) is 0 Å². The van der Waals surface area contributed by atoms with Gasteiger partial charge in [-0.1, -0.05) is 46.6 Å². The molecule has 0 bridgehead atoms. The Bertz CT molecular complexity index is 140. The van der Waals surface area contributed by atoms with Crippen molar-refractivity contribution in [3.8, 4) is 0 Å². The second kappa shape index (κ2) is 9.11. The van der Waals surface area contributed by atoms with Crippen molar-refractivity contribution >= 4 is 0 Å². The van der Waals surface area contributed by atoms with E-state index < -0.39 is 0 Å². The Morgan fingerprint density at radius 1 is 1.14 bits per heavy atom. The van der Waals surface area contributed by atoms with E-state index in [4.69, 9.17) is 0 Å². The van der Waals surface area contributed by atoms with Crippen LogP contribution < -0.4 is 5.32 Å². The van der Waals surface area contributed by atoms with Crippen LogP contribution in [-0.2, 0) is 0 Å². The van der Waals surface area contributed by atoms with Crippen molar-refractivity contribution in [1.29, 1.82) is 0 Å².